The topological polar surface area (TPSA) is 43.8 Å². The minimum atomic E-state index is -0.0899. The SMILES string of the molecule is CCCn1ccnc1CC1(N)CCCCC1C(C)(C)C. The quantitative estimate of drug-likeness (QED) is 0.910. The summed E-state index contributed by atoms with van der Waals surface area (Å²) in [7, 11) is 0. The lowest BCUT2D eigenvalue weighted by atomic mass is 9.61. The fourth-order valence-electron chi connectivity index (χ4n) is 4.02. The van der Waals surface area contributed by atoms with Gasteiger partial charge in [-0.05, 0) is 30.6 Å². The molecule has 1 aromatic rings. The first-order valence-electron chi connectivity index (χ1n) is 8.16. The predicted octanol–water partition coefficient (Wildman–Crippen LogP) is 3.77. The van der Waals surface area contributed by atoms with Crippen LogP contribution in [0.2, 0.25) is 0 Å². The molecular weight excluding hydrogens is 246 g/mol. The van der Waals surface area contributed by atoms with Crippen molar-refractivity contribution in [2.24, 2.45) is 17.1 Å². The Morgan fingerprint density at radius 2 is 2.15 bits per heavy atom. The molecule has 0 aromatic carbocycles. The third kappa shape index (κ3) is 3.25. The molecule has 1 aromatic heterocycles. The molecule has 3 heteroatoms. The molecule has 2 N–H and O–H groups in total. The van der Waals surface area contributed by atoms with E-state index in [1.165, 1.54) is 25.1 Å². The van der Waals surface area contributed by atoms with Crippen LogP contribution in [0, 0.1) is 11.3 Å². The first-order chi connectivity index (χ1) is 9.37. The fourth-order valence-corrected chi connectivity index (χ4v) is 4.02. The van der Waals surface area contributed by atoms with Gasteiger partial charge in [-0.25, -0.2) is 4.98 Å². The molecule has 0 saturated heterocycles. The van der Waals surface area contributed by atoms with Crippen molar-refractivity contribution >= 4 is 0 Å². The van der Waals surface area contributed by atoms with Gasteiger partial charge in [0.05, 0.1) is 0 Å². The highest BCUT2D eigenvalue weighted by atomic mass is 15.1. The molecule has 0 bridgehead atoms. The minimum Gasteiger partial charge on any atom is -0.335 e. The third-order valence-corrected chi connectivity index (χ3v) is 4.88. The van der Waals surface area contributed by atoms with Crippen LogP contribution in [0.4, 0.5) is 0 Å². The standard InChI is InChI=1S/C17H31N3/c1-5-11-20-12-10-19-15(20)13-17(18)9-7-6-8-14(17)16(2,3)4/h10,12,14H,5-9,11,13,18H2,1-4H3. The third-order valence-electron chi connectivity index (χ3n) is 4.88. The van der Waals surface area contributed by atoms with Gasteiger partial charge in [-0.2, -0.15) is 0 Å². The average Bonchev–Trinajstić information content (AvgIpc) is 2.75. The molecule has 0 spiro atoms. The zero-order valence-electron chi connectivity index (χ0n) is 13.7. The minimum absolute atomic E-state index is 0.0899. The molecule has 1 aliphatic rings. The first-order valence-corrected chi connectivity index (χ1v) is 8.16. The van der Waals surface area contributed by atoms with Gasteiger partial charge in [0, 0.05) is 30.9 Å². The van der Waals surface area contributed by atoms with Gasteiger partial charge in [0.25, 0.3) is 0 Å². The van der Waals surface area contributed by atoms with E-state index in [9.17, 15) is 0 Å². The predicted molar refractivity (Wildman–Crippen MR) is 84.6 cm³/mol. The highest BCUT2D eigenvalue weighted by Gasteiger charge is 2.43. The monoisotopic (exact) mass is 277 g/mol. The molecule has 20 heavy (non-hydrogen) atoms. The van der Waals surface area contributed by atoms with E-state index in [0.717, 1.165) is 25.8 Å². The Bertz CT molecular complexity index is 430. The van der Waals surface area contributed by atoms with E-state index in [-0.39, 0.29) is 11.0 Å². The molecule has 114 valence electrons. The Morgan fingerprint density at radius 1 is 1.40 bits per heavy atom. The van der Waals surface area contributed by atoms with Crippen molar-refractivity contribution in [1.82, 2.24) is 9.55 Å². The van der Waals surface area contributed by atoms with Crippen LogP contribution < -0.4 is 5.73 Å². The van der Waals surface area contributed by atoms with Crippen LogP contribution in [0.25, 0.3) is 0 Å². The van der Waals surface area contributed by atoms with Crippen LogP contribution in [0.5, 0.6) is 0 Å². The van der Waals surface area contributed by atoms with E-state index < -0.39 is 0 Å². The summed E-state index contributed by atoms with van der Waals surface area (Å²) in [5.41, 5.74) is 7.08. The van der Waals surface area contributed by atoms with Crippen molar-refractivity contribution < 1.29 is 0 Å². The highest BCUT2D eigenvalue weighted by Crippen LogP contribution is 2.44. The molecule has 2 unspecified atom stereocenters. The van der Waals surface area contributed by atoms with Crippen molar-refractivity contribution in [2.75, 3.05) is 0 Å². The second-order valence-corrected chi connectivity index (χ2v) is 7.61. The molecule has 3 nitrogen and oxygen atoms in total. The highest BCUT2D eigenvalue weighted by molar-refractivity contribution is 5.07. The van der Waals surface area contributed by atoms with Gasteiger partial charge in [-0.15, -0.1) is 0 Å². The van der Waals surface area contributed by atoms with E-state index in [2.05, 4.69) is 43.4 Å². The Hall–Kier alpha value is -0.830. The summed E-state index contributed by atoms with van der Waals surface area (Å²) in [5.74, 6) is 1.75. The molecule has 1 saturated carbocycles. The average molecular weight is 277 g/mol. The van der Waals surface area contributed by atoms with Crippen molar-refractivity contribution in [1.29, 1.82) is 0 Å². The van der Waals surface area contributed by atoms with Gasteiger partial charge in [0.15, 0.2) is 0 Å². The number of hydrogen-bond acceptors (Lipinski definition) is 2. The normalized spacial score (nSPS) is 27.8. The van der Waals surface area contributed by atoms with Crippen LogP contribution in [-0.2, 0) is 13.0 Å². The molecule has 0 amide bonds. The smallest absolute Gasteiger partial charge is 0.110 e. The van der Waals surface area contributed by atoms with Crippen molar-refractivity contribution in [3.8, 4) is 0 Å². The first kappa shape index (κ1) is 15.6. The lowest BCUT2D eigenvalue weighted by Gasteiger charge is -2.48. The van der Waals surface area contributed by atoms with Gasteiger partial charge < -0.3 is 10.3 Å². The molecule has 0 radical (unpaired) electrons. The maximum absolute atomic E-state index is 6.89. The van der Waals surface area contributed by atoms with E-state index in [1.807, 2.05) is 6.20 Å². The lowest BCUT2D eigenvalue weighted by Crippen LogP contribution is -2.55. The number of aryl methyl sites for hydroxylation is 1. The summed E-state index contributed by atoms with van der Waals surface area (Å²) >= 11 is 0. The van der Waals surface area contributed by atoms with Crippen LogP contribution in [-0.4, -0.2) is 15.1 Å². The number of imidazole rings is 1. The summed E-state index contributed by atoms with van der Waals surface area (Å²) in [5, 5.41) is 0. The second-order valence-electron chi connectivity index (χ2n) is 7.61. The molecule has 0 aliphatic heterocycles. The number of aromatic nitrogens is 2. The van der Waals surface area contributed by atoms with Crippen LogP contribution in [0.1, 0.15) is 65.6 Å². The number of nitrogens with two attached hydrogens (primary N) is 1. The van der Waals surface area contributed by atoms with E-state index in [4.69, 9.17) is 5.73 Å². The van der Waals surface area contributed by atoms with E-state index in [1.54, 1.807) is 0 Å². The Balaban J connectivity index is 2.21. The second kappa shape index (κ2) is 5.88. The van der Waals surface area contributed by atoms with Crippen molar-refractivity contribution in [3.63, 3.8) is 0 Å². The largest absolute Gasteiger partial charge is 0.335 e. The number of nitrogens with zero attached hydrogens (tertiary/aromatic N) is 2. The van der Waals surface area contributed by atoms with Crippen molar-refractivity contribution in [3.05, 3.63) is 18.2 Å². The number of hydrogen-bond donors (Lipinski definition) is 1. The summed E-state index contributed by atoms with van der Waals surface area (Å²) in [6.45, 7) is 10.3. The molecule has 1 aliphatic carbocycles. The Kier molecular flexibility index (Phi) is 4.58. The summed E-state index contributed by atoms with van der Waals surface area (Å²) in [6, 6.07) is 0. The number of rotatable bonds is 4. The van der Waals surface area contributed by atoms with Crippen LogP contribution in [0.3, 0.4) is 0 Å². The van der Waals surface area contributed by atoms with Gasteiger partial charge in [0.2, 0.25) is 0 Å². The molecular formula is C17H31N3. The summed E-state index contributed by atoms with van der Waals surface area (Å²) in [4.78, 5) is 4.57. The summed E-state index contributed by atoms with van der Waals surface area (Å²) < 4.78 is 2.28. The van der Waals surface area contributed by atoms with Crippen LogP contribution in [0.15, 0.2) is 12.4 Å². The van der Waals surface area contributed by atoms with Gasteiger partial charge in [0.1, 0.15) is 5.82 Å². The van der Waals surface area contributed by atoms with Gasteiger partial charge in [-0.3, -0.25) is 0 Å². The van der Waals surface area contributed by atoms with E-state index >= 15 is 0 Å². The zero-order chi connectivity index (χ0) is 14.8. The molecule has 1 fully saturated rings. The van der Waals surface area contributed by atoms with Gasteiger partial charge in [-0.1, -0.05) is 40.5 Å². The molecule has 2 atom stereocenters. The maximum Gasteiger partial charge on any atom is 0.110 e. The Labute approximate surface area is 124 Å². The molecule has 1 heterocycles. The zero-order valence-corrected chi connectivity index (χ0v) is 13.7. The fraction of sp³-hybridized carbons (Fsp3) is 0.824. The molecule has 2 rings (SSSR count). The summed E-state index contributed by atoms with van der Waals surface area (Å²) in [6.07, 6.45) is 11.1. The lowest BCUT2D eigenvalue weighted by molar-refractivity contribution is 0.0773. The Morgan fingerprint density at radius 3 is 2.80 bits per heavy atom. The van der Waals surface area contributed by atoms with E-state index in [0.29, 0.717) is 5.92 Å². The maximum atomic E-state index is 6.89. The van der Waals surface area contributed by atoms with Gasteiger partial charge >= 0.3 is 0 Å². The van der Waals surface area contributed by atoms with Crippen LogP contribution >= 0.6 is 0 Å². The van der Waals surface area contributed by atoms with Crippen molar-refractivity contribution in [2.45, 2.75) is 78.3 Å².